The van der Waals surface area contributed by atoms with Crippen LogP contribution in [0.3, 0.4) is 0 Å². The molecule has 2 aromatic carbocycles. The van der Waals surface area contributed by atoms with Gasteiger partial charge in [0.25, 0.3) is 0 Å². The lowest BCUT2D eigenvalue weighted by Gasteiger charge is -2.03. The molecule has 0 fully saturated rings. The van der Waals surface area contributed by atoms with Crippen molar-refractivity contribution in [2.75, 3.05) is 0 Å². The van der Waals surface area contributed by atoms with Crippen LogP contribution in [0, 0.1) is 0 Å². The van der Waals surface area contributed by atoms with Crippen molar-refractivity contribution in [1.29, 1.82) is 0 Å². The average Bonchev–Trinajstić information content (AvgIpc) is 2.51. The van der Waals surface area contributed by atoms with Gasteiger partial charge in [0.15, 0.2) is 29.3 Å². The van der Waals surface area contributed by atoms with Crippen LogP contribution in [0.5, 0.6) is 34.5 Å². The average molecular weight is 310 g/mol. The largest absolute Gasteiger partial charge is 0.504 e. The minimum Gasteiger partial charge on any atom is -0.504 e. The molecule has 0 amide bonds. The SMILES string of the molecule is O=Cc1ccc(O)c(O)c1O.OCc1ccc(O)c(O)c1O. The van der Waals surface area contributed by atoms with Gasteiger partial charge in [0.05, 0.1) is 12.2 Å². The van der Waals surface area contributed by atoms with Crippen LogP contribution < -0.4 is 0 Å². The quantitative estimate of drug-likeness (QED) is 0.318. The van der Waals surface area contributed by atoms with Gasteiger partial charge in [-0.15, -0.1) is 0 Å². The van der Waals surface area contributed by atoms with Crippen LogP contribution in [0.1, 0.15) is 15.9 Å². The maximum Gasteiger partial charge on any atom is 0.201 e. The van der Waals surface area contributed by atoms with E-state index in [2.05, 4.69) is 0 Å². The van der Waals surface area contributed by atoms with Gasteiger partial charge >= 0.3 is 0 Å². The van der Waals surface area contributed by atoms with Crippen LogP contribution in [-0.2, 0) is 6.61 Å². The molecule has 8 nitrogen and oxygen atoms in total. The van der Waals surface area contributed by atoms with Crippen molar-refractivity contribution in [1.82, 2.24) is 0 Å². The number of carbonyl (C=O) groups excluding carboxylic acids is 1. The molecule has 2 aromatic rings. The summed E-state index contributed by atoms with van der Waals surface area (Å²) in [6.45, 7) is -0.375. The standard InChI is InChI=1S/C7H8O4.C7H6O4/c2*8-3-4-1-2-5(9)7(11)6(4)10/h1-2,8-11H,3H2;1-3,9-11H. The van der Waals surface area contributed by atoms with Gasteiger partial charge in [-0.1, -0.05) is 0 Å². The normalized spacial score (nSPS) is 9.68. The molecule has 2 rings (SSSR count). The summed E-state index contributed by atoms with van der Waals surface area (Å²) in [7, 11) is 0. The van der Waals surface area contributed by atoms with Crippen LogP contribution in [0.25, 0.3) is 0 Å². The van der Waals surface area contributed by atoms with E-state index in [0.29, 0.717) is 6.29 Å². The molecule has 0 spiro atoms. The lowest BCUT2D eigenvalue weighted by molar-refractivity contribution is 0.112. The van der Waals surface area contributed by atoms with Crippen LogP contribution in [0.15, 0.2) is 24.3 Å². The Morgan fingerprint density at radius 2 is 1.23 bits per heavy atom. The molecule has 8 heteroatoms. The number of phenols is 6. The highest BCUT2D eigenvalue weighted by Gasteiger charge is 2.09. The smallest absolute Gasteiger partial charge is 0.201 e. The van der Waals surface area contributed by atoms with E-state index in [0.717, 1.165) is 6.07 Å². The summed E-state index contributed by atoms with van der Waals surface area (Å²) in [5.74, 6) is -3.20. The summed E-state index contributed by atoms with van der Waals surface area (Å²) in [5, 5.41) is 61.9. The monoisotopic (exact) mass is 310 g/mol. The molecule has 118 valence electrons. The third-order valence-electron chi connectivity index (χ3n) is 2.67. The number of carbonyl (C=O) groups is 1. The molecule has 0 aliphatic heterocycles. The second kappa shape index (κ2) is 7.04. The zero-order chi connectivity index (χ0) is 16.9. The van der Waals surface area contributed by atoms with E-state index in [1.165, 1.54) is 18.2 Å². The van der Waals surface area contributed by atoms with Gasteiger partial charge in [0, 0.05) is 5.56 Å². The van der Waals surface area contributed by atoms with Gasteiger partial charge in [0.1, 0.15) is 0 Å². The van der Waals surface area contributed by atoms with E-state index in [4.69, 9.17) is 35.7 Å². The van der Waals surface area contributed by atoms with Gasteiger partial charge < -0.3 is 35.7 Å². The second-order valence-electron chi connectivity index (χ2n) is 4.09. The predicted molar refractivity (Wildman–Crippen MR) is 74.2 cm³/mol. The number of hydrogen-bond donors (Lipinski definition) is 7. The van der Waals surface area contributed by atoms with Crippen molar-refractivity contribution >= 4 is 6.29 Å². The molecule has 0 saturated heterocycles. The Bertz CT molecular complexity index is 681. The van der Waals surface area contributed by atoms with Gasteiger partial charge in [-0.25, -0.2) is 0 Å². The molecule has 0 saturated carbocycles. The van der Waals surface area contributed by atoms with Crippen LogP contribution in [0.4, 0.5) is 0 Å². The number of aromatic hydroxyl groups is 6. The topological polar surface area (TPSA) is 159 Å². The van der Waals surface area contributed by atoms with E-state index in [-0.39, 0.29) is 17.7 Å². The van der Waals surface area contributed by atoms with Crippen LogP contribution in [-0.4, -0.2) is 42.0 Å². The Balaban J connectivity index is 0.000000220. The molecule has 7 N–H and O–H groups in total. The molecule has 0 aliphatic rings. The summed E-state index contributed by atoms with van der Waals surface area (Å²) in [5.41, 5.74) is 0.126. The molecule has 0 unspecified atom stereocenters. The summed E-state index contributed by atoms with van der Waals surface area (Å²) in [4.78, 5) is 10.1. The molecule has 0 atom stereocenters. The highest BCUT2D eigenvalue weighted by Crippen LogP contribution is 2.37. The maximum atomic E-state index is 10.1. The molecule has 0 heterocycles. The van der Waals surface area contributed by atoms with Gasteiger partial charge in [-0.3, -0.25) is 4.79 Å². The third-order valence-corrected chi connectivity index (χ3v) is 2.67. The Kier molecular flexibility index (Phi) is 5.42. The Morgan fingerprint density at radius 3 is 1.73 bits per heavy atom. The molecule has 22 heavy (non-hydrogen) atoms. The van der Waals surface area contributed by atoms with Crippen LogP contribution in [0.2, 0.25) is 0 Å². The first-order valence-electron chi connectivity index (χ1n) is 5.86. The molecular weight excluding hydrogens is 296 g/mol. The maximum absolute atomic E-state index is 10.1. The number of benzene rings is 2. The first-order chi connectivity index (χ1) is 10.3. The number of aldehydes is 1. The first-order valence-corrected chi connectivity index (χ1v) is 5.86. The van der Waals surface area contributed by atoms with Crippen molar-refractivity contribution in [2.24, 2.45) is 0 Å². The highest BCUT2D eigenvalue weighted by atomic mass is 16.3. The minimum absolute atomic E-state index is 0.0553. The zero-order valence-corrected chi connectivity index (χ0v) is 11.1. The van der Waals surface area contributed by atoms with Crippen LogP contribution >= 0.6 is 0 Å². The Morgan fingerprint density at radius 1 is 0.727 bits per heavy atom. The molecule has 0 bridgehead atoms. The highest BCUT2D eigenvalue weighted by molar-refractivity contribution is 5.81. The number of aliphatic hydroxyl groups is 1. The number of phenolic OH excluding ortho intramolecular Hbond substituents is 5. The summed E-state index contributed by atoms with van der Waals surface area (Å²) >= 11 is 0. The van der Waals surface area contributed by atoms with Gasteiger partial charge in [-0.05, 0) is 24.3 Å². The van der Waals surface area contributed by atoms with E-state index in [1.54, 1.807) is 0 Å². The number of aliphatic hydroxyl groups excluding tert-OH is 1. The molecule has 0 aliphatic carbocycles. The fourth-order valence-electron chi connectivity index (χ4n) is 1.42. The molecular formula is C14H14O8. The Hall–Kier alpha value is -3.13. The van der Waals surface area contributed by atoms with Crippen molar-refractivity contribution < 1.29 is 40.5 Å². The number of hydrogen-bond acceptors (Lipinski definition) is 8. The zero-order valence-electron chi connectivity index (χ0n) is 11.1. The van der Waals surface area contributed by atoms with Crippen molar-refractivity contribution in [3.8, 4) is 34.5 Å². The third kappa shape index (κ3) is 3.49. The fourth-order valence-corrected chi connectivity index (χ4v) is 1.42. The summed E-state index contributed by atoms with van der Waals surface area (Å²) in [6, 6.07) is 4.85. The van der Waals surface area contributed by atoms with Crippen molar-refractivity contribution in [2.45, 2.75) is 6.61 Å². The van der Waals surface area contributed by atoms with E-state index in [9.17, 15) is 4.79 Å². The fraction of sp³-hybridized carbons (Fsp3) is 0.0714. The lowest BCUT2D eigenvalue weighted by Crippen LogP contribution is -1.83. The summed E-state index contributed by atoms with van der Waals surface area (Å²) < 4.78 is 0. The summed E-state index contributed by atoms with van der Waals surface area (Å²) in [6.07, 6.45) is 0.383. The lowest BCUT2D eigenvalue weighted by atomic mass is 10.2. The molecule has 0 radical (unpaired) electrons. The van der Waals surface area contributed by atoms with Crippen molar-refractivity contribution in [3.05, 3.63) is 35.4 Å². The van der Waals surface area contributed by atoms with E-state index < -0.39 is 34.5 Å². The van der Waals surface area contributed by atoms with Gasteiger partial charge in [-0.2, -0.15) is 0 Å². The predicted octanol–water partition coefficient (Wildman–Crippen LogP) is 0.912. The minimum atomic E-state index is -0.672. The van der Waals surface area contributed by atoms with E-state index >= 15 is 0 Å². The van der Waals surface area contributed by atoms with Crippen molar-refractivity contribution in [3.63, 3.8) is 0 Å². The molecule has 0 aromatic heterocycles. The second-order valence-corrected chi connectivity index (χ2v) is 4.09. The Labute approximate surface area is 124 Å². The van der Waals surface area contributed by atoms with Gasteiger partial charge in [0.2, 0.25) is 11.5 Å². The van der Waals surface area contributed by atoms with E-state index in [1.807, 2.05) is 0 Å². The first kappa shape index (κ1) is 16.9. The number of rotatable bonds is 2.